The van der Waals surface area contributed by atoms with E-state index in [0.717, 1.165) is 31.4 Å². The Bertz CT molecular complexity index is 944. The van der Waals surface area contributed by atoms with E-state index in [1.165, 1.54) is 28.5 Å². The molecular weight excluding hydrogens is 344 g/mol. The van der Waals surface area contributed by atoms with Crippen molar-refractivity contribution in [1.29, 1.82) is 0 Å². The van der Waals surface area contributed by atoms with Crippen molar-refractivity contribution in [3.05, 3.63) is 39.8 Å². The number of rotatable bonds is 3. The lowest BCUT2D eigenvalue weighted by atomic mass is 9.94. The van der Waals surface area contributed by atoms with Crippen LogP contribution in [0.15, 0.2) is 17.2 Å². The molecule has 2 amide bonds. The number of nitrogens with one attached hydrogen (secondary N) is 2. The molecule has 2 atom stereocenters. The summed E-state index contributed by atoms with van der Waals surface area (Å²) in [6.07, 6.45) is 10.1. The second kappa shape index (κ2) is 6.21. The fourth-order valence-corrected chi connectivity index (χ4v) is 4.81. The van der Waals surface area contributed by atoms with Crippen LogP contribution in [0.25, 0.3) is 0 Å². The van der Waals surface area contributed by atoms with Gasteiger partial charge < -0.3 is 10.2 Å². The Morgan fingerprint density at radius 1 is 1.26 bits per heavy atom. The molecule has 8 heteroatoms. The third-order valence-corrected chi connectivity index (χ3v) is 6.37. The topological polar surface area (TPSA) is 95.9 Å². The molecule has 5 rings (SSSR count). The van der Waals surface area contributed by atoms with Gasteiger partial charge in [-0.2, -0.15) is 5.10 Å². The maximum absolute atomic E-state index is 13.2. The molecule has 3 aliphatic rings. The molecule has 27 heavy (non-hydrogen) atoms. The highest BCUT2D eigenvalue weighted by Gasteiger charge is 2.47. The van der Waals surface area contributed by atoms with Crippen molar-refractivity contribution in [2.45, 2.75) is 44.6 Å². The lowest BCUT2D eigenvalue weighted by Crippen LogP contribution is -2.37. The van der Waals surface area contributed by atoms with Crippen molar-refractivity contribution in [1.82, 2.24) is 24.6 Å². The van der Waals surface area contributed by atoms with Gasteiger partial charge in [0, 0.05) is 19.8 Å². The van der Waals surface area contributed by atoms with Gasteiger partial charge in [0.1, 0.15) is 0 Å². The number of urea groups is 1. The number of carbonyl (C=O) groups excluding carboxylic acids is 1. The highest BCUT2D eigenvalue weighted by molar-refractivity contribution is 5.90. The number of carbonyl (C=O) groups is 1. The molecule has 142 valence electrons. The van der Waals surface area contributed by atoms with Crippen LogP contribution in [0.4, 0.5) is 10.5 Å². The number of aryl methyl sites for hydroxylation is 1. The van der Waals surface area contributed by atoms with Crippen LogP contribution in [-0.2, 0) is 19.9 Å². The van der Waals surface area contributed by atoms with E-state index in [9.17, 15) is 9.59 Å². The van der Waals surface area contributed by atoms with Crippen molar-refractivity contribution < 1.29 is 4.79 Å². The quantitative estimate of drug-likeness (QED) is 0.866. The van der Waals surface area contributed by atoms with Gasteiger partial charge in [0.15, 0.2) is 5.82 Å². The zero-order valence-electron chi connectivity index (χ0n) is 15.4. The number of aromatic nitrogens is 4. The van der Waals surface area contributed by atoms with Gasteiger partial charge in [-0.3, -0.25) is 9.55 Å². The summed E-state index contributed by atoms with van der Waals surface area (Å²) in [5.41, 5.74) is 3.02. The molecule has 1 saturated carbocycles. The van der Waals surface area contributed by atoms with Gasteiger partial charge in [-0.15, -0.1) is 0 Å². The summed E-state index contributed by atoms with van der Waals surface area (Å²) in [7, 11) is 1.72. The minimum absolute atomic E-state index is 0.124. The van der Waals surface area contributed by atoms with Gasteiger partial charge in [0.05, 0.1) is 17.9 Å². The summed E-state index contributed by atoms with van der Waals surface area (Å²) in [5, 5.41) is 9.86. The summed E-state index contributed by atoms with van der Waals surface area (Å²) in [5.74, 6) is 1.65. The highest BCUT2D eigenvalue weighted by Crippen LogP contribution is 2.50. The van der Waals surface area contributed by atoms with Crippen LogP contribution in [-0.4, -0.2) is 37.2 Å². The van der Waals surface area contributed by atoms with Gasteiger partial charge >= 0.3 is 11.7 Å². The molecule has 2 fully saturated rings. The summed E-state index contributed by atoms with van der Waals surface area (Å²) < 4.78 is 1.54. The zero-order chi connectivity index (χ0) is 18.5. The second-order valence-corrected chi connectivity index (χ2v) is 7.98. The maximum atomic E-state index is 13.2. The number of H-pyrrole nitrogens is 1. The zero-order valence-corrected chi connectivity index (χ0v) is 15.4. The van der Waals surface area contributed by atoms with E-state index in [1.807, 2.05) is 11.1 Å². The third kappa shape index (κ3) is 2.74. The van der Waals surface area contributed by atoms with Gasteiger partial charge in [0.25, 0.3) is 0 Å². The SMILES string of the molecule is Cn1c(C2C(C3CC3)CCN2C(=O)Nc2cncc3c2CCC3)n[nH]c1=O. The number of nitrogens with zero attached hydrogens (tertiary/aromatic N) is 4. The first kappa shape index (κ1) is 16.5. The third-order valence-electron chi connectivity index (χ3n) is 6.37. The normalized spacial score (nSPS) is 24.3. The van der Waals surface area contributed by atoms with Crippen LogP contribution in [0.3, 0.4) is 0 Å². The van der Waals surface area contributed by atoms with Crippen molar-refractivity contribution in [2.24, 2.45) is 18.9 Å². The number of anilines is 1. The Morgan fingerprint density at radius 3 is 2.85 bits per heavy atom. The number of likely N-dealkylation sites (tertiary alicyclic amines) is 1. The fraction of sp³-hybridized carbons (Fsp3) is 0.579. The summed E-state index contributed by atoms with van der Waals surface area (Å²) in [6, 6.07) is -0.285. The van der Waals surface area contributed by atoms with Crippen molar-refractivity contribution >= 4 is 11.7 Å². The molecule has 2 N–H and O–H groups in total. The van der Waals surface area contributed by atoms with E-state index in [0.29, 0.717) is 24.2 Å². The van der Waals surface area contributed by atoms with Crippen LogP contribution < -0.4 is 11.0 Å². The van der Waals surface area contributed by atoms with Crippen LogP contribution in [0.5, 0.6) is 0 Å². The molecular formula is C19H24N6O2. The van der Waals surface area contributed by atoms with E-state index in [1.54, 1.807) is 13.2 Å². The van der Waals surface area contributed by atoms with Crippen molar-refractivity contribution in [2.75, 3.05) is 11.9 Å². The van der Waals surface area contributed by atoms with Crippen LogP contribution in [0.2, 0.25) is 0 Å². The molecule has 2 aromatic heterocycles. The average Bonchev–Trinajstić information content (AvgIpc) is 3.09. The van der Waals surface area contributed by atoms with Crippen LogP contribution in [0.1, 0.15) is 48.7 Å². The molecule has 3 heterocycles. The molecule has 0 bridgehead atoms. The summed E-state index contributed by atoms with van der Waals surface area (Å²) in [4.78, 5) is 31.2. The smallest absolute Gasteiger partial charge is 0.314 e. The monoisotopic (exact) mass is 368 g/mol. The predicted molar refractivity (Wildman–Crippen MR) is 99.4 cm³/mol. The minimum atomic E-state index is -0.239. The fourth-order valence-electron chi connectivity index (χ4n) is 4.81. The van der Waals surface area contributed by atoms with Crippen molar-refractivity contribution in [3.8, 4) is 0 Å². The van der Waals surface area contributed by atoms with E-state index < -0.39 is 0 Å². The number of amides is 2. The summed E-state index contributed by atoms with van der Waals surface area (Å²) >= 11 is 0. The molecule has 1 saturated heterocycles. The van der Waals surface area contributed by atoms with E-state index in [-0.39, 0.29) is 17.8 Å². The largest absolute Gasteiger partial charge is 0.343 e. The Morgan fingerprint density at radius 2 is 2.11 bits per heavy atom. The van der Waals surface area contributed by atoms with Gasteiger partial charge in [-0.25, -0.2) is 14.7 Å². The molecule has 8 nitrogen and oxygen atoms in total. The standard InChI is InChI=1S/C19H24N6O2/c1-24-17(22-23-19(24)27)16-14(11-5-6-11)7-8-25(16)18(26)21-15-10-20-9-12-3-2-4-13(12)15/h9-11,14,16H,2-8H2,1H3,(H,21,26)(H,23,27). The average molecular weight is 368 g/mol. The molecule has 2 aliphatic carbocycles. The van der Waals surface area contributed by atoms with Crippen LogP contribution in [0, 0.1) is 11.8 Å². The Hall–Kier alpha value is -2.64. The first-order valence-corrected chi connectivity index (χ1v) is 9.78. The number of aromatic amines is 1. The van der Waals surface area contributed by atoms with Crippen molar-refractivity contribution in [3.63, 3.8) is 0 Å². The van der Waals surface area contributed by atoms with E-state index in [4.69, 9.17) is 0 Å². The lowest BCUT2D eigenvalue weighted by Gasteiger charge is -2.27. The van der Waals surface area contributed by atoms with Gasteiger partial charge in [0.2, 0.25) is 0 Å². The minimum Gasteiger partial charge on any atom is -0.314 e. The number of hydrogen-bond donors (Lipinski definition) is 2. The van der Waals surface area contributed by atoms with Gasteiger partial charge in [-0.05, 0) is 61.5 Å². The Balaban J connectivity index is 1.44. The van der Waals surface area contributed by atoms with E-state index in [2.05, 4.69) is 20.5 Å². The molecule has 2 unspecified atom stereocenters. The Kier molecular flexibility index (Phi) is 3.80. The van der Waals surface area contributed by atoms with Crippen LogP contribution >= 0.6 is 0 Å². The predicted octanol–water partition coefficient (Wildman–Crippen LogP) is 2.00. The van der Waals surface area contributed by atoms with E-state index >= 15 is 0 Å². The number of pyridine rings is 1. The highest BCUT2D eigenvalue weighted by atomic mass is 16.2. The second-order valence-electron chi connectivity index (χ2n) is 7.98. The Labute approximate surface area is 157 Å². The molecule has 0 spiro atoms. The summed E-state index contributed by atoms with van der Waals surface area (Å²) in [6.45, 7) is 0.682. The maximum Gasteiger partial charge on any atom is 0.343 e. The number of fused-ring (bicyclic) bond motifs is 1. The molecule has 0 aromatic carbocycles. The first-order chi connectivity index (χ1) is 13.1. The molecule has 2 aromatic rings. The number of hydrogen-bond acceptors (Lipinski definition) is 4. The first-order valence-electron chi connectivity index (χ1n) is 9.78. The van der Waals surface area contributed by atoms with Gasteiger partial charge in [-0.1, -0.05) is 0 Å². The lowest BCUT2D eigenvalue weighted by molar-refractivity contribution is 0.191. The molecule has 0 radical (unpaired) electrons. The molecule has 1 aliphatic heterocycles.